The van der Waals surface area contributed by atoms with Gasteiger partial charge >= 0.3 is 345 Å². The molecule has 1 aliphatic heterocycles. The molecule has 1 saturated heterocycles. The standard InChI is InChI=1S/C48H40Ge4O4/c1-9-25-41(26-10-1)49(42-27-11-2-12-28-42)53-50(43-29-13-3-14-30-43,44-31-15-4-16-32-44)55-52(47-37-21-7-22-38-47,48-39-23-8-24-40-48)56-51(54-49,45-33-17-5-18-34-45)46-35-19-6-20-36-46/h1-40H. The van der Waals surface area contributed by atoms with Crippen molar-refractivity contribution in [3.63, 3.8) is 0 Å². The van der Waals surface area contributed by atoms with Gasteiger partial charge in [-0.2, -0.15) is 0 Å². The van der Waals surface area contributed by atoms with Crippen LogP contribution >= 0.6 is 0 Å². The van der Waals surface area contributed by atoms with E-state index in [1.54, 1.807) is 0 Å². The first-order chi connectivity index (χ1) is 27.7. The molecule has 4 nitrogen and oxygen atoms in total. The molecule has 8 heteroatoms. The second kappa shape index (κ2) is 16.3. The van der Waals surface area contributed by atoms with Gasteiger partial charge in [0.1, 0.15) is 0 Å². The topological polar surface area (TPSA) is 36.9 Å². The molecule has 1 aliphatic rings. The Morgan fingerprint density at radius 1 is 0.161 bits per heavy atom. The van der Waals surface area contributed by atoms with E-state index in [2.05, 4.69) is 243 Å². The Morgan fingerprint density at radius 2 is 0.268 bits per heavy atom. The van der Waals surface area contributed by atoms with Crippen molar-refractivity contribution in [3.05, 3.63) is 243 Å². The molecule has 56 heavy (non-hydrogen) atoms. The van der Waals surface area contributed by atoms with Crippen LogP contribution in [0.1, 0.15) is 0 Å². The van der Waals surface area contributed by atoms with E-state index >= 15 is 0 Å². The molecule has 9 rings (SSSR count). The number of benzene rings is 8. The zero-order chi connectivity index (χ0) is 37.7. The minimum absolute atomic E-state index is 1.05. The average molecular weight is 971 g/mol. The van der Waals surface area contributed by atoms with Crippen LogP contribution in [0.15, 0.2) is 243 Å². The fourth-order valence-electron chi connectivity index (χ4n) is 7.76. The SMILES string of the molecule is c1cc[c]([Ge]2([c]3ccccc3)[O][Ge]([c]3ccccc3)([c]3ccccc3)[O][Ge]([c]3ccccc3)([c]3ccccc3)[O][Ge]([c]3ccccc3)([c]3ccccc3)[O]2)cc1. The van der Waals surface area contributed by atoms with Crippen molar-refractivity contribution in [2.75, 3.05) is 0 Å². The minimum atomic E-state index is -4.67. The van der Waals surface area contributed by atoms with Gasteiger partial charge in [-0.1, -0.05) is 0 Å². The van der Waals surface area contributed by atoms with Crippen molar-refractivity contribution in [3.8, 4) is 0 Å². The summed E-state index contributed by atoms with van der Waals surface area (Å²) in [6.45, 7) is 0. The molecule has 0 aromatic heterocycles. The van der Waals surface area contributed by atoms with E-state index in [1.807, 2.05) is 0 Å². The summed E-state index contributed by atoms with van der Waals surface area (Å²) in [5, 5.41) is 0. The van der Waals surface area contributed by atoms with Gasteiger partial charge in [-0.25, -0.2) is 0 Å². The summed E-state index contributed by atoms with van der Waals surface area (Å²) in [5.74, 6) is 0. The van der Waals surface area contributed by atoms with Crippen molar-refractivity contribution < 1.29 is 11.2 Å². The van der Waals surface area contributed by atoms with Gasteiger partial charge in [0.15, 0.2) is 0 Å². The van der Waals surface area contributed by atoms with Crippen LogP contribution in [0.3, 0.4) is 0 Å². The monoisotopic (exact) mass is 976 g/mol. The van der Waals surface area contributed by atoms with E-state index in [0.29, 0.717) is 0 Å². The Kier molecular flexibility index (Phi) is 10.9. The summed E-state index contributed by atoms with van der Waals surface area (Å²) in [4.78, 5) is 0. The van der Waals surface area contributed by atoms with Crippen LogP contribution < -0.4 is 35.2 Å². The van der Waals surface area contributed by atoms with Crippen LogP contribution in [0, 0.1) is 0 Å². The predicted molar refractivity (Wildman–Crippen MR) is 236 cm³/mol. The molecule has 0 saturated carbocycles. The average Bonchev–Trinajstić information content (AvgIpc) is 3.29. The van der Waals surface area contributed by atoms with E-state index < -0.39 is 55.8 Å². The summed E-state index contributed by atoms with van der Waals surface area (Å²) in [6, 6.07) is 85.4. The van der Waals surface area contributed by atoms with Crippen LogP contribution in [0.25, 0.3) is 0 Å². The van der Waals surface area contributed by atoms with E-state index in [1.165, 1.54) is 0 Å². The Hall–Kier alpha value is -4.23. The molecule has 0 spiro atoms. The molecule has 0 N–H and O–H groups in total. The molecule has 0 bridgehead atoms. The van der Waals surface area contributed by atoms with Gasteiger partial charge in [-0.15, -0.1) is 0 Å². The third kappa shape index (κ3) is 6.82. The summed E-state index contributed by atoms with van der Waals surface area (Å²) in [7, 11) is 0. The van der Waals surface area contributed by atoms with Crippen molar-refractivity contribution in [1.82, 2.24) is 0 Å². The van der Waals surface area contributed by atoms with Crippen LogP contribution in [-0.2, 0) is 11.2 Å². The van der Waals surface area contributed by atoms with Crippen LogP contribution in [0.5, 0.6) is 0 Å². The zero-order valence-corrected chi connectivity index (χ0v) is 39.1. The van der Waals surface area contributed by atoms with Crippen LogP contribution in [0.2, 0.25) is 0 Å². The van der Waals surface area contributed by atoms with Crippen LogP contribution in [-0.4, -0.2) is 55.8 Å². The fourth-order valence-corrected chi connectivity index (χ4v) is 78.3. The Morgan fingerprint density at radius 3 is 0.375 bits per heavy atom. The fraction of sp³-hybridized carbons (Fsp3) is 0. The Labute approximate surface area is 341 Å². The quantitative estimate of drug-likeness (QED) is 0.199. The summed E-state index contributed by atoms with van der Waals surface area (Å²) in [6.07, 6.45) is 0. The van der Waals surface area contributed by atoms with E-state index in [4.69, 9.17) is 11.2 Å². The summed E-state index contributed by atoms with van der Waals surface area (Å²) in [5.41, 5.74) is 0. The molecule has 0 amide bonds. The third-order valence-electron chi connectivity index (χ3n) is 10.4. The van der Waals surface area contributed by atoms with Gasteiger partial charge in [-0.05, 0) is 0 Å². The van der Waals surface area contributed by atoms with Gasteiger partial charge in [-0.3, -0.25) is 0 Å². The van der Waals surface area contributed by atoms with Crippen molar-refractivity contribution in [2.24, 2.45) is 0 Å². The molecule has 1 heterocycles. The van der Waals surface area contributed by atoms with E-state index in [0.717, 1.165) is 35.2 Å². The number of rotatable bonds is 8. The molecule has 8 aromatic rings. The molecule has 0 unspecified atom stereocenters. The van der Waals surface area contributed by atoms with Gasteiger partial charge < -0.3 is 0 Å². The zero-order valence-electron chi connectivity index (χ0n) is 30.7. The van der Waals surface area contributed by atoms with Gasteiger partial charge in [0.05, 0.1) is 0 Å². The molecular weight excluding hydrogens is 931 g/mol. The third-order valence-corrected chi connectivity index (χ3v) is 58.6. The Balaban J connectivity index is 1.50. The van der Waals surface area contributed by atoms with Crippen LogP contribution in [0.4, 0.5) is 0 Å². The normalized spacial score (nSPS) is 16.9. The summed E-state index contributed by atoms with van der Waals surface area (Å²) >= 11 is -18.7. The Bertz CT molecular complexity index is 1940. The molecule has 0 atom stereocenters. The van der Waals surface area contributed by atoms with Crippen molar-refractivity contribution in [2.45, 2.75) is 0 Å². The van der Waals surface area contributed by atoms with Gasteiger partial charge in [0.25, 0.3) is 0 Å². The van der Waals surface area contributed by atoms with Crippen molar-refractivity contribution in [1.29, 1.82) is 0 Å². The molecule has 0 radical (unpaired) electrons. The summed E-state index contributed by atoms with van der Waals surface area (Å²) < 4.78 is 42.6. The first kappa shape index (κ1) is 37.4. The van der Waals surface area contributed by atoms with E-state index in [9.17, 15) is 0 Å². The maximum atomic E-state index is 8.55. The van der Waals surface area contributed by atoms with Crippen molar-refractivity contribution >= 4 is 90.9 Å². The first-order valence-corrected chi connectivity index (χ1v) is 34.2. The van der Waals surface area contributed by atoms with Gasteiger partial charge in [0.2, 0.25) is 0 Å². The molecule has 8 aromatic carbocycles. The number of hydrogen-bond donors (Lipinski definition) is 0. The predicted octanol–water partition coefficient (Wildman–Crippen LogP) is 5.09. The molecular formula is C48H40Ge4O4. The molecule has 1 fully saturated rings. The maximum absolute atomic E-state index is 8.55. The second-order valence-electron chi connectivity index (χ2n) is 13.8. The van der Waals surface area contributed by atoms with E-state index in [-0.39, 0.29) is 0 Å². The van der Waals surface area contributed by atoms with Gasteiger partial charge in [0, 0.05) is 0 Å². The molecule has 272 valence electrons. The molecule has 0 aliphatic carbocycles. The second-order valence-corrected chi connectivity index (χ2v) is 44.5. The number of hydrogen-bond acceptors (Lipinski definition) is 4. The first-order valence-electron chi connectivity index (χ1n) is 18.9.